The summed E-state index contributed by atoms with van der Waals surface area (Å²) in [5.74, 6) is 0.602. The Hall–Kier alpha value is -2.82. The Balaban J connectivity index is 1.39. The second-order valence-electron chi connectivity index (χ2n) is 6.28. The van der Waals surface area contributed by atoms with Crippen LogP contribution in [-0.4, -0.2) is 30.6 Å². The van der Waals surface area contributed by atoms with Crippen molar-refractivity contribution in [1.82, 2.24) is 10.2 Å². The lowest BCUT2D eigenvalue weighted by molar-refractivity contribution is 0.195. The van der Waals surface area contributed by atoms with E-state index in [1.807, 2.05) is 30.3 Å². The van der Waals surface area contributed by atoms with E-state index in [0.717, 1.165) is 28.9 Å². The van der Waals surface area contributed by atoms with Crippen LogP contribution in [0.15, 0.2) is 54.6 Å². The highest BCUT2D eigenvalue weighted by atomic mass is 19.1. The number of nitrogens with zero attached hydrogens (tertiary/aromatic N) is 1. The molecule has 0 spiro atoms. The fourth-order valence-electron chi connectivity index (χ4n) is 3.30. The fraction of sp³-hybridized carbons (Fsp3) is 0.250. The number of halogens is 1. The Morgan fingerprint density at radius 3 is 2.72 bits per heavy atom. The molecule has 2 amide bonds. The van der Waals surface area contributed by atoms with Crippen molar-refractivity contribution in [2.75, 3.05) is 19.7 Å². The van der Waals surface area contributed by atoms with Crippen molar-refractivity contribution >= 4 is 11.6 Å². The number of benzene rings is 2. The first-order valence-corrected chi connectivity index (χ1v) is 8.43. The maximum Gasteiger partial charge on any atom is 0.318 e. The molecule has 2 heterocycles. The summed E-state index contributed by atoms with van der Waals surface area (Å²) >= 11 is 0. The summed E-state index contributed by atoms with van der Waals surface area (Å²) in [6.07, 6.45) is 2.80. The number of hydrogen-bond acceptors (Lipinski definition) is 2. The molecule has 2 aromatic carbocycles. The largest absolute Gasteiger partial charge is 0.491 e. The van der Waals surface area contributed by atoms with Crippen LogP contribution in [0.2, 0.25) is 0 Å². The number of hydrogen-bond donors (Lipinski definition) is 1. The summed E-state index contributed by atoms with van der Waals surface area (Å²) in [5, 5.41) is 3.05. The second kappa shape index (κ2) is 6.59. The summed E-state index contributed by atoms with van der Waals surface area (Å²) < 4.78 is 18.6. The van der Waals surface area contributed by atoms with Gasteiger partial charge in [-0.2, -0.15) is 0 Å². The van der Waals surface area contributed by atoms with Crippen LogP contribution in [0.5, 0.6) is 5.75 Å². The van der Waals surface area contributed by atoms with Crippen LogP contribution < -0.4 is 10.1 Å². The molecule has 1 N–H and O–H groups in total. The number of carbonyl (C=O) groups excluding carboxylic acids is 1. The average Bonchev–Trinajstić information content (AvgIpc) is 3.06. The molecule has 0 fully saturated rings. The minimum atomic E-state index is -0.236. The van der Waals surface area contributed by atoms with Gasteiger partial charge in [-0.25, -0.2) is 9.18 Å². The highest BCUT2D eigenvalue weighted by Crippen LogP contribution is 2.32. The molecule has 1 atom stereocenters. The van der Waals surface area contributed by atoms with Gasteiger partial charge in [0, 0.05) is 18.7 Å². The summed E-state index contributed by atoms with van der Waals surface area (Å²) in [5.41, 5.74) is 3.19. The van der Waals surface area contributed by atoms with Gasteiger partial charge in [-0.05, 0) is 35.8 Å². The van der Waals surface area contributed by atoms with Crippen molar-refractivity contribution in [1.29, 1.82) is 0 Å². The molecular weight excluding hydrogens is 319 g/mol. The van der Waals surface area contributed by atoms with E-state index in [-0.39, 0.29) is 17.9 Å². The average molecular weight is 338 g/mol. The molecule has 0 aliphatic carbocycles. The molecule has 5 heteroatoms. The van der Waals surface area contributed by atoms with E-state index in [1.54, 1.807) is 17.0 Å². The first-order valence-electron chi connectivity index (χ1n) is 8.43. The first kappa shape index (κ1) is 15.7. The van der Waals surface area contributed by atoms with Gasteiger partial charge < -0.3 is 15.0 Å². The number of urea groups is 1. The summed E-state index contributed by atoms with van der Waals surface area (Å²) in [6.45, 7) is 1.66. The van der Waals surface area contributed by atoms with E-state index in [2.05, 4.69) is 5.32 Å². The molecular formula is C20H19FN2O2. The van der Waals surface area contributed by atoms with Crippen LogP contribution in [0.1, 0.15) is 23.6 Å². The van der Waals surface area contributed by atoms with Crippen molar-refractivity contribution < 1.29 is 13.9 Å². The second-order valence-corrected chi connectivity index (χ2v) is 6.28. The topological polar surface area (TPSA) is 41.6 Å². The monoisotopic (exact) mass is 338 g/mol. The third-order valence-corrected chi connectivity index (χ3v) is 4.71. The summed E-state index contributed by atoms with van der Waals surface area (Å²) in [6, 6.07) is 14.1. The molecule has 2 aliphatic rings. The molecule has 25 heavy (non-hydrogen) atoms. The van der Waals surface area contributed by atoms with Gasteiger partial charge in [0.15, 0.2) is 0 Å². The van der Waals surface area contributed by atoms with Crippen molar-refractivity contribution in [3.63, 3.8) is 0 Å². The van der Waals surface area contributed by atoms with Crippen LogP contribution in [0.4, 0.5) is 9.18 Å². The van der Waals surface area contributed by atoms with E-state index in [9.17, 15) is 9.18 Å². The lowest BCUT2D eigenvalue weighted by Crippen LogP contribution is -2.43. The first-order chi connectivity index (χ1) is 12.2. The van der Waals surface area contributed by atoms with Crippen LogP contribution in [0.3, 0.4) is 0 Å². The van der Waals surface area contributed by atoms with Crippen LogP contribution in [0, 0.1) is 5.82 Å². The normalized spacial score (nSPS) is 19.0. The van der Waals surface area contributed by atoms with Gasteiger partial charge in [-0.1, -0.05) is 36.4 Å². The molecule has 2 aliphatic heterocycles. The molecule has 4 nitrogen and oxygen atoms in total. The predicted molar refractivity (Wildman–Crippen MR) is 93.8 cm³/mol. The van der Waals surface area contributed by atoms with E-state index in [1.165, 1.54) is 12.1 Å². The zero-order valence-electron chi connectivity index (χ0n) is 13.7. The number of carbonyl (C=O) groups is 1. The molecule has 0 unspecified atom stereocenters. The zero-order valence-corrected chi connectivity index (χ0v) is 13.7. The number of nitrogens with one attached hydrogen (secondary N) is 1. The number of amides is 2. The van der Waals surface area contributed by atoms with Gasteiger partial charge >= 0.3 is 6.03 Å². The minimum absolute atomic E-state index is 0.0836. The van der Waals surface area contributed by atoms with Crippen LogP contribution in [0.25, 0.3) is 5.57 Å². The van der Waals surface area contributed by atoms with Crippen molar-refractivity contribution in [2.45, 2.75) is 12.5 Å². The van der Waals surface area contributed by atoms with Crippen molar-refractivity contribution in [3.05, 3.63) is 71.6 Å². The summed E-state index contributed by atoms with van der Waals surface area (Å²) in [7, 11) is 0. The predicted octanol–water partition coefficient (Wildman–Crippen LogP) is 3.76. The third kappa shape index (κ3) is 3.22. The lowest BCUT2D eigenvalue weighted by atomic mass is 9.99. The highest BCUT2D eigenvalue weighted by Gasteiger charge is 2.27. The van der Waals surface area contributed by atoms with E-state index in [4.69, 9.17) is 4.74 Å². The van der Waals surface area contributed by atoms with Gasteiger partial charge in [0.05, 0.1) is 6.04 Å². The Labute approximate surface area is 145 Å². The van der Waals surface area contributed by atoms with Crippen molar-refractivity contribution in [2.24, 2.45) is 0 Å². The van der Waals surface area contributed by atoms with E-state index < -0.39 is 0 Å². The van der Waals surface area contributed by atoms with Crippen molar-refractivity contribution in [3.8, 4) is 5.75 Å². The molecule has 0 aromatic heterocycles. The molecule has 0 saturated heterocycles. The maximum absolute atomic E-state index is 13.0. The van der Waals surface area contributed by atoms with Crippen LogP contribution >= 0.6 is 0 Å². The maximum atomic E-state index is 13.0. The van der Waals surface area contributed by atoms with Gasteiger partial charge in [0.2, 0.25) is 0 Å². The summed E-state index contributed by atoms with van der Waals surface area (Å²) in [4.78, 5) is 14.3. The Morgan fingerprint density at radius 2 is 1.96 bits per heavy atom. The Bertz CT molecular complexity index is 817. The molecule has 0 radical (unpaired) electrons. The SMILES string of the molecule is O=C(N[C@@H]1COc2ccccc21)N1CC=C(c2ccc(F)cc2)CC1. The minimum Gasteiger partial charge on any atom is -0.491 e. The fourth-order valence-corrected chi connectivity index (χ4v) is 3.30. The van der Waals surface area contributed by atoms with Gasteiger partial charge in [0.25, 0.3) is 0 Å². The zero-order chi connectivity index (χ0) is 17.2. The number of fused-ring (bicyclic) bond motifs is 1. The quantitative estimate of drug-likeness (QED) is 0.906. The van der Waals surface area contributed by atoms with E-state index >= 15 is 0 Å². The molecule has 0 saturated carbocycles. The highest BCUT2D eigenvalue weighted by molar-refractivity contribution is 5.77. The number of rotatable bonds is 2. The Kier molecular flexibility index (Phi) is 4.14. The molecule has 128 valence electrons. The van der Waals surface area contributed by atoms with Gasteiger partial charge in [0.1, 0.15) is 18.2 Å². The van der Waals surface area contributed by atoms with Gasteiger partial charge in [-0.3, -0.25) is 0 Å². The van der Waals surface area contributed by atoms with E-state index in [0.29, 0.717) is 19.7 Å². The smallest absolute Gasteiger partial charge is 0.318 e. The molecule has 0 bridgehead atoms. The lowest BCUT2D eigenvalue weighted by Gasteiger charge is -2.28. The number of ether oxygens (including phenoxy) is 1. The number of para-hydroxylation sites is 1. The van der Waals surface area contributed by atoms with Gasteiger partial charge in [-0.15, -0.1) is 0 Å². The van der Waals surface area contributed by atoms with Crippen LogP contribution in [-0.2, 0) is 0 Å². The molecule has 2 aromatic rings. The standard InChI is InChI=1S/C20H19FN2O2/c21-16-7-5-14(6-8-16)15-9-11-23(12-10-15)20(24)22-18-13-25-19-4-2-1-3-17(18)19/h1-9,18H,10-13H2,(H,22,24)/t18-/m1/s1. The molecule has 4 rings (SSSR count). The third-order valence-electron chi connectivity index (χ3n) is 4.71. The Morgan fingerprint density at radius 1 is 1.16 bits per heavy atom.